The Morgan fingerprint density at radius 2 is 2.07 bits per heavy atom. The van der Waals surface area contributed by atoms with Crippen molar-refractivity contribution in [1.29, 1.82) is 0 Å². The lowest BCUT2D eigenvalue weighted by atomic mass is 9.92. The molecule has 0 aliphatic heterocycles. The first kappa shape index (κ1) is 20.2. The van der Waals surface area contributed by atoms with Gasteiger partial charge < -0.3 is 15.8 Å². The van der Waals surface area contributed by atoms with Crippen molar-refractivity contribution in [3.05, 3.63) is 68.7 Å². The third-order valence-electron chi connectivity index (χ3n) is 3.88. The summed E-state index contributed by atoms with van der Waals surface area (Å²) in [5.41, 5.74) is 1.03. The first-order valence-electron chi connectivity index (χ1n) is 8.01. The molecule has 0 radical (unpaired) electrons. The Kier molecular flexibility index (Phi) is 6.36. The van der Waals surface area contributed by atoms with Gasteiger partial charge in [0.05, 0.1) is 10.5 Å². The Balaban J connectivity index is 2.12. The van der Waals surface area contributed by atoms with E-state index in [2.05, 4.69) is 15.8 Å². The maximum Gasteiger partial charge on any atom is 0.319 e. The molecule has 0 atom stereocenters. The number of anilines is 1. The molecule has 9 heteroatoms. The van der Waals surface area contributed by atoms with Crippen LogP contribution in [0.3, 0.4) is 0 Å². The highest BCUT2D eigenvalue weighted by Crippen LogP contribution is 2.27. The van der Waals surface area contributed by atoms with E-state index in [4.69, 9.17) is 16.8 Å². The van der Waals surface area contributed by atoms with Crippen LogP contribution in [0.1, 0.15) is 25.0 Å². The molecule has 27 heavy (non-hydrogen) atoms. The van der Waals surface area contributed by atoms with Crippen molar-refractivity contribution in [2.24, 2.45) is 5.16 Å². The number of amides is 2. The molecule has 0 unspecified atom stereocenters. The molecule has 8 nitrogen and oxygen atoms in total. The summed E-state index contributed by atoms with van der Waals surface area (Å²) >= 11 is 5.77. The monoisotopic (exact) mass is 390 g/mol. The molecule has 0 heterocycles. The molecule has 2 aromatic rings. The van der Waals surface area contributed by atoms with Gasteiger partial charge in [-0.1, -0.05) is 35.9 Å². The van der Waals surface area contributed by atoms with E-state index in [0.717, 1.165) is 11.1 Å². The molecule has 0 aliphatic carbocycles. The molecule has 0 saturated carbocycles. The second-order valence-corrected chi connectivity index (χ2v) is 6.74. The van der Waals surface area contributed by atoms with Gasteiger partial charge in [0.15, 0.2) is 0 Å². The second kappa shape index (κ2) is 8.50. The second-order valence-electron chi connectivity index (χ2n) is 6.33. The van der Waals surface area contributed by atoms with Crippen LogP contribution in [0.4, 0.5) is 16.2 Å². The van der Waals surface area contributed by atoms with Crippen LogP contribution in [0.15, 0.2) is 47.6 Å². The van der Waals surface area contributed by atoms with Crippen LogP contribution in [0.25, 0.3) is 0 Å². The Morgan fingerprint density at radius 1 is 1.33 bits per heavy atom. The van der Waals surface area contributed by atoms with Gasteiger partial charge in [0.2, 0.25) is 0 Å². The van der Waals surface area contributed by atoms with E-state index >= 15 is 0 Å². The normalized spacial score (nSPS) is 11.4. The maximum absolute atomic E-state index is 12.3. The number of benzene rings is 2. The van der Waals surface area contributed by atoms with Crippen LogP contribution >= 0.6 is 11.6 Å². The molecule has 2 rings (SSSR count). The van der Waals surface area contributed by atoms with Crippen molar-refractivity contribution in [3.63, 3.8) is 0 Å². The van der Waals surface area contributed by atoms with E-state index in [1.165, 1.54) is 24.4 Å². The smallest absolute Gasteiger partial charge is 0.319 e. The lowest BCUT2D eigenvalue weighted by molar-refractivity contribution is -0.384. The van der Waals surface area contributed by atoms with Gasteiger partial charge in [-0.3, -0.25) is 10.1 Å². The van der Waals surface area contributed by atoms with Crippen LogP contribution < -0.4 is 10.6 Å². The van der Waals surface area contributed by atoms with Gasteiger partial charge in [-0.05, 0) is 37.1 Å². The Labute approximate surface area is 161 Å². The average molecular weight is 391 g/mol. The molecule has 0 spiro atoms. The lowest BCUT2D eigenvalue weighted by Crippen LogP contribution is -2.43. The van der Waals surface area contributed by atoms with Crippen LogP contribution in [0.2, 0.25) is 5.02 Å². The zero-order chi connectivity index (χ0) is 20.0. The summed E-state index contributed by atoms with van der Waals surface area (Å²) in [6, 6.07) is 11.0. The summed E-state index contributed by atoms with van der Waals surface area (Å²) in [7, 11) is 0. The summed E-state index contributed by atoms with van der Waals surface area (Å²) in [5, 5.41) is 27.9. The highest BCUT2D eigenvalue weighted by molar-refractivity contribution is 6.32. The number of carbonyl (C=O) groups excluding carboxylic acids is 1. The van der Waals surface area contributed by atoms with E-state index in [0.29, 0.717) is 6.42 Å². The quantitative estimate of drug-likeness (QED) is 0.295. The highest BCUT2D eigenvalue weighted by atomic mass is 35.5. The Hall–Kier alpha value is -3.13. The molecule has 142 valence electrons. The predicted molar refractivity (Wildman–Crippen MR) is 104 cm³/mol. The van der Waals surface area contributed by atoms with Gasteiger partial charge in [0.25, 0.3) is 5.69 Å². The zero-order valence-electron chi connectivity index (χ0n) is 14.8. The van der Waals surface area contributed by atoms with E-state index < -0.39 is 16.5 Å². The number of hydrogen-bond acceptors (Lipinski definition) is 5. The lowest BCUT2D eigenvalue weighted by Gasteiger charge is -2.27. The molecular formula is C18H19ClN4O4. The summed E-state index contributed by atoms with van der Waals surface area (Å²) in [5.74, 6) is 0. The molecule has 2 aromatic carbocycles. The van der Waals surface area contributed by atoms with Crippen LogP contribution in [0, 0.1) is 10.1 Å². The summed E-state index contributed by atoms with van der Waals surface area (Å²) in [4.78, 5) is 22.7. The summed E-state index contributed by atoms with van der Waals surface area (Å²) < 4.78 is 0. The predicted octanol–water partition coefficient (Wildman–Crippen LogP) is 4.31. The van der Waals surface area contributed by atoms with E-state index in [-0.39, 0.29) is 16.4 Å². The molecule has 3 N–H and O–H groups in total. The number of nitro benzene ring substituents is 1. The van der Waals surface area contributed by atoms with Gasteiger partial charge in [-0.25, -0.2) is 4.79 Å². The number of nitro groups is 1. The van der Waals surface area contributed by atoms with Crippen molar-refractivity contribution in [3.8, 4) is 0 Å². The van der Waals surface area contributed by atoms with E-state index in [9.17, 15) is 14.9 Å². The van der Waals surface area contributed by atoms with Gasteiger partial charge in [-0.2, -0.15) is 0 Å². The standard InChI is InChI=1S/C18H19ClN4O4/c1-18(2,13-5-3-4-12(10-13)8-9-20-25)22-17(24)21-14-6-7-15(19)16(11-14)23(26)27/h3-7,9-11,25H,8H2,1-2H3,(H2,21,22,24)/b20-9+. The molecule has 0 aliphatic rings. The molecule has 0 aromatic heterocycles. The number of hydrogen-bond donors (Lipinski definition) is 3. The van der Waals surface area contributed by atoms with Crippen LogP contribution in [0.5, 0.6) is 0 Å². The van der Waals surface area contributed by atoms with Gasteiger partial charge in [0.1, 0.15) is 5.02 Å². The van der Waals surface area contributed by atoms with Gasteiger partial charge in [-0.15, -0.1) is 5.16 Å². The number of halogens is 1. The van der Waals surface area contributed by atoms with Crippen molar-refractivity contribution in [1.82, 2.24) is 5.32 Å². The van der Waals surface area contributed by atoms with Crippen LogP contribution in [-0.2, 0) is 12.0 Å². The van der Waals surface area contributed by atoms with E-state index in [1.54, 1.807) is 0 Å². The van der Waals surface area contributed by atoms with Crippen molar-refractivity contribution < 1.29 is 14.9 Å². The SMILES string of the molecule is CC(C)(NC(=O)Nc1ccc(Cl)c([N+](=O)[O-])c1)c1cccc(C/C=N/O)c1. The van der Waals surface area contributed by atoms with Crippen LogP contribution in [-0.4, -0.2) is 22.4 Å². The minimum absolute atomic E-state index is 0.00507. The molecule has 0 saturated heterocycles. The van der Waals surface area contributed by atoms with E-state index in [1.807, 2.05) is 38.1 Å². The Morgan fingerprint density at radius 3 is 2.74 bits per heavy atom. The molecular weight excluding hydrogens is 372 g/mol. The third kappa shape index (κ3) is 5.42. The summed E-state index contributed by atoms with van der Waals surface area (Å²) in [6.45, 7) is 3.66. The number of oxime groups is 1. The number of nitrogens with one attached hydrogen (secondary N) is 2. The number of carbonyl (C=O) groups is 1. The largest absolute Gasteiger partial charge is 0.411 e. The minimum atomic E-state index is -0.713. The van der Waals surface area contributed by atoms with Crippen molar-refractivity contribution in [2.45, 2.75) is 25.8 Å². The fourth-order valence-corrected chi connectivity index (χ4v) is 2.67. The maximum atomic E-state index is 12.3. The number of urea groups is 1. The summed E-state index contributed by atoms with van der Waals surface area (Å²) in [6.07, 6.45) is 1.83. The topological polar surface area (TPSA) is 117 Å². The Bertz CT molecular complexity index is 883. The van der Waals surface area contributed by atoms with Crippen molar-refractivity contribution >= 4 is 35.2 Å². The molecule has 0 fully saturated rings. The number of rotatable bonds is 6. The molecule has 0 bridgehead atoms. The molecule has 2 amide bonds. The first-order valence-corrected chi connectivity index (χ1v) is 8.39. The first-order chi connectivity index (χ1) is 12.7. The minimum Gasteiger partial charge on any atom is -0.411 e. The fourth-order valence-electron chi connectivity index (χ4n) is 2.48. The average Bonchev–Trinajstić information content (AvgIpc) is 2.61. The van der Waals surface area contributed by atoms with Crippen molar-refractivity contribution in [2.75, 3.05) is 5.32 Å². The third-order valence-corrected chi connectivity index (χ3v) is 4.20. The zero-order valence-corrected chi connectivity index (χ0v) is 15.5. The number of nitrogens with zero attached hydrogens (tertiary/aromatic N) is 2. The van der Waals surface area contributed by atoms with Gasteiger partial charge >= 0.3 is 6.03 Å². The fraction of sp³-hybridized carbons (Fsp3) is 0.222. The van der Waals surface area contributed by atoms with Gasteiger partial charge in [0, 0.05) is 24.4 Å². The highest BCUT2D eigenvalue weighted by Gasteiger charge is 2.23.